The van der Waals surface area contributed by atoms with E-state index in [-0.39, 0.29) is 17.1 Å². The van der Waals surface area contributed by atoms with Crippen LogP contribution in [0, 0.1) is 18.3 Å². The number of ether oxygens (including phenoxy) is 2. The Morgan fingerprint density at radius 3 is 2.65 bits per heavy atom. The molecule has 0 radical (unpaired) electrons. The van der Waals surface area contributed by atoms with Crippen molar-refractivity contribution in [3.63, 3.8) is 0 Å². The highest BCUT2D eigenvalue weighted by Gasteiger charge is 2.15. The molecule has 2 aromatic carbocycles. The average molecular weight is 348 g/mol. The van der Waals surface area contributed by atoms with E-state index >= 15 is 0 Å². The molecule has 0 aliphatic carbocycles. The van der Waals surface area contributed by atoms with E-state index in [1.165, 1.54) is 25.6 Å². The molecule has 6 heteroatoms. The van der Waals surface area contributed by atoms with Gasteiger partial charge >= 0.3 is 5.97 Å². The highest BCUT2D eigenvalue weighted by molar-refractivity contribution is 5.92. The van der Waals surface area contributed by atoms with Gasteiger partial charge in [-0.25, -0.2) is 4.79 Å². The first-order valence-electron chi connectivity index (χ1n) is 7.80. The van der Waals surface area contributed by atoms with Gasteiger partial charge in [-0.3, -0.25) is 0 Å². The zero-order chi connectivity index (χ0) is 18.7. The van der Waals surface area contributed by atoms with E-state index in [1.54, 1.807) is 18.2 Å². The summed E-state index contributed by atoms with van der Waals surface area (Å²) in [5.41, 5.74) is 3.03. The number of hydrogen-bond donors (Lipinski definition) is 2. The van der Waals surface area contributed by atoms with Crippen LogP contribution in [0.4, 0.5) is 0 Å². The van der Waals surface area contributed by atoms with Gasteiger partial charge < -0.3 is 19.6 Å². The lowest BCUT2D eigenvalue weighted by atomic mass is 9.97. The van der Waals surface area contributed by atoms with E-state index in [0.717, 1.165) is 5.56 Å². The van der Waals surface area contributed by atoms with Crippen LogP contribution in [0.3, 0.4) is 0 Å². The van der Waals surface area contributed by atoms with Gasteiger partial charge in [0.15, 0.2) is 11.5 Å². The summed E-state index contributed by atoms with van der Waals surface area (Å²) in [4.78, 5) is 14.8. The van der Waals surface area contributed by atoms with Crippen molar-refractivity contribution in [2.75, 3.05) is 7.11 Å². The Kier molecular flexibility index (Phi) is 4.63. The van der Waals surface area contributed by atoms with Crippen molar-refractivity contribution >= 4 is 5.97 Å². The zero-order valence-corrected chi connectivity index (χ0v) is 14.2. The molecule has 0 unspecified atom stereocenters. The van der Waals surface area contributed by atoms with E-state index < -0.39 is 5.97 Å². The minimum absolute atomic E-state index is 0.0527. The number of nitrogens with zero attached hydrogens (tertiary/aromatic N) is 1. The molecule has 1 heterocycles. The Morgan fingerprint density at radius 2 is 2.00 bits per heavy atom. The second-order valence-corrected chi connectivity index (χ2v) is 5.71. The van der Waals surface area contributed by atoms with E-state index in [4.69, 9.17) is 9.47 Å². The molecule has 0 atom stereocenters. The van der Waals surface area contributed by atoms with Gasteiger partial charge in [0.1, 0.15) is 5.75 Å². The molecule has 26 heavy (non-hydrogen) atoms. The summed E-state index contributed by atoms with van der Waals surface area (Å²) in [5.74, 6) is -0.0201. The summed E-state index contributed by atoms with van der Waals surface area (Å²) < 4.78 is 10.5. The normalized spacial score (nSPS) is 10.2. The molecule has 0 aliphatic rings. The highest BCUT2D eigenvalue weighted by atomic mass is 16.5. The molecule has 0 aliphatic heterocycles. The minimum atomic E-state index is -0.527. The smallest absolute Gasteiger partial charge is 0.338 e. The average Bonchev–Trinajstić information content (AvgIpc) is 3.05. The second-order valence-electron chi connectivity index (χ2n) is 5.71. The summed E-state index contributed by atoms with van der Waals surface area (Å²) in [6.07, 6.45) is 2.88. The van der Waals surface area contributed by atoms with Crippen LogP contribution >= 0.6 is 0 Å². The third kappa shape index (κ3) is 3.37. The molecule has 0 bridgehead atoms. The van der Waals surface area contributed by atoms with Crippen LogP contribution in [0.5, 0.6) is 17.2 Å². The molecule has 3 rings (SSSR count). The van der Waals surface area contributed by atoms with E-state index in [9.17, 15) is 15.2 Å². The lowest BCUT2D eigenvalue weighted by molar-refractivity contribution is 0.0600. The van der Waals surface area contributed by atoms with Crippen LogP contribution in [0.25, 0.3) is 11.1 Å². The van der Waals surface area contributed by atoms with Crippen LogP contribution in [-0.2, 0) is 4.74 Å². The van der Waals surface area contributed by atoms with Crippen molar-refractivity contribution in [3.05, 3.63) is 65.5 Å². The number of aromatic nitrogens is 1. The number of methoxy groups -OCH3 is 1. The second kappa shape index (κ2) is 7.03. The number of aryl methyl sites for hydroxylation is 1. The van der Waals surface area contributed by atoms with Gasteiger partial charge in [-0.05, 0) is 47.9 Å². The molecule has 1 aromatic heterocycles. The monoisotopic (exact) mass is 348 g/mol. The number of benzene rings is 2. The van der Waals surface area contributed by atoms with Crippen molar-refractivity contribution in [3.8, 4) is 34.4 Å². The van der Waals surface area contributed by atoms with Gasteiger partial charge in [0, 0.05) is 12.4 Å². The number of esters is 1. The van der Waals surface area contributed by atoms with Crippen LogP contribution in [-0.4, -0.2) is 23.2 Å². The maximum absolute atomic E-state index is 12.0. The third-order valence-electron chi connectivity index (χ3n) is 3.85. The number of aromatic hydroxyl groups is 1. The van der Waals surface area contributed by atoms with Gasteiger partial charge in [0.2, 0.25) is 0 Å². The van der Waals surface area contributed by atoms with Gasteiger partial charge in [0.05, 0.1) is 24.3 Å². The number of H-pyrrole nitrogens is 1. The molecule has 2 N–H and O–H groups in total. The summed E-state index contributed by atoms with van der Waals surface area (Å²) in [7, 11) is 1.29. The Balaban J connectivity index is 2.13. The fourth-order valence-corrected chi connectivity index (χ4v) is 2.60. The van der Waals surface area contributed by atoms with Crippen molar-refractivity contribution in [2.45, 2.75) is 6.92 Å². The van der Waals surface area contributed by atoms with Crippen molar-refractivity contribution in [1.82, 2.24) is 4.98 Å². The lowest BCUT2D eigenvalue weighted by Gasteiger charge is -2.11. The molecular formula is C20H16N2O4. The quantitative estimate of drug-likeness (QED) is 0.691. The minimum Gasteiger partial charge on any atom is -0.503 e. The molecular weight excluding hydrogens is 332 g/mol. The summed E-state index contributed by atoms with van der Waals surface area (Å²) >= 11 is 0. The van der Waals surface area contributed by atoms with Crippen LogP contribution in [0.1, 0.15) is 21.5 Å². The SMILES string of the molecule is COC(=O)c1cc(Oc2c[nH]cc2O)cc(-c2ccc(C)cc2C#N)c1. The molecule has 3 aromatic rings. The fourth-order valence-electron chi connectivity index (χ4n) is 2.60. The van der Waals surface area contributed by atoms with Gasteiger partial charge in [-0.1, -0.05) is 12.1 Å². The van der Waals surface area contributed by atoms with E-state index in [2.05, 4.69) is 11.1 Å². The number of carbonyl (C=O) groups excluding carboxylic acids is 1. The number of hydrogen-bond acceptors (Lipinski definition) is 5. The number of rotatable bonds is 4. The van der Waals surface area contributed by atoms with Gasteiger partial charge in [-0.15, -0.1) is 0 Å². The van der Waals surface area contributed by atoms with Crippen molar-refractivity contribution in [1.29, 1.82) is 5.26 Å². The third-order valence-corrected chi connectivity index (χ3v) is 3.85. The summed E-state index contributed by atoms with van der Waals surface area (Å²) in [6.45, 7) is 1.90. The van der Waals surface area contributed by atoms with Crippen molar-refractivity contribution in [2.24, 2.45) is 0 Å². The molecule has 130 valence electrons. The largest absolute Gasteiger partial charge is 0.503 e. The number of nitrogens with one attached hydrogen (secondary N) is 1. The van der Waals surface area contributed by atoms with Crippen LogP contribution < -0.4 is 4.74 Å². The topological polar surface area (TPSA) is 95.3 Å². The number of nitriles is 1. The fraction of sp³-hybridized carbons (Fsp3) is 0.100. The number of carbonyl (C=O) groups is 1. The summed E-state index contributed by atoms with van der Waals surface area (Å²) in [6, 6.07) is 12.5. The van der Waals surface area contributed by atoms with E-state index in [0.29, 0.717) is 22.4 Å². The highest BCUT2D eigenvalue weighted by Crippen LogP contribution is 2.34. The first-order chi connectivity index (χ1) is 12.5. The maximum Gasteiger partial charge on any atom is 0.338 e. The predicted molar refractivity (Wildman–Crippen MR) is 95.2 cm³/mol. The Bertz CT molecular complexity index is 1010. The first kappa shape index (κ1) is 17.1. The van der Waals surface area contributed by atoms with Crippen LogP contribution in [0.15, 0.2) is 48.8 Å². The summed E-state index contributed by atoms with van der Waals surface area (Å²) in [5, 5.41) is 19.2. The Hall–Kier alpha value is -3.72. The van der Waals surface area contributed by atoms with Crippen molar-refractivity contribution < 1.29 is 19.4 Å². The van der Waals surface area contributed by atoms with Crippen LogP contribution in [0.2, 0.25) is 0 Å². The molecule has 0 amide bonds. The van der Waals surface area contributed by atoms with Gasteiger partial charge in [-0.2, -0.15) is 5.26 Å². The molecule has 0 saturated heterocycles. The standard InChI is InChI=1S/C20H16N2O4/c1-12-3-4-17(15(5-12)9-21)13-6-14(20(24)25-2)8-16(7-13)26-19-11-22-10-18(19)23/h3-8,10-11,22-23H,1-2H3. The molecule has 0 fully saturated rings. The van der Waals surface area contributed by atoms with Gasteiger partial charge in [0.25, 0.3) is 0 Å². The Morgan fingerprint density at radius 1 is 1.19 bits per heavy atom. The first-order valence-corrected chi connectivity index (χ1v) is 7.80. The molecule has 0 saturated carbocycles. The number of aromatic amines is 1. The lowest BCUT2D eigenvalue weighted by Crippen LogP contribution is -2.02. The Labute approximate surface area is 150 Å². The maximum atomic E-state index is 12.0. The predicted octanol–water partition coefficient (Wildman–Crippen LogP) is 4.15. The molecule has 0 spiro atoms. The zero-order valence-electron chi connectivity index (χ0n) is 14.2. The molecule has 6 nitrogen and oxygen atoms in total. The van der Waals surface area contributed by atoms with E-state index in [1.807, 2.05) is 19.1 Å².